The molecule has 2 aliphatic carbocycles. The third kappa shape index (κ3) is 5.39. The highest BCUT2D eigenvalue weighted by atomic mass is 16.5. The normalized spacial score (nSPS) is 25.5. The number of nitrogens with zero attached hydrogens (tertiary/aromatic N) is 1. The van der Waals surface area contributed by atoms with E-state index >= 15 is 0 Å². The van der Waals surface area contributed by atoms with Gasteiger partial charge in [-0.1, -0.05) is 31.7 Å². The number of aromatic nitrogens is 1. The molecule has 0 aliphatic heterocycles. The van der Waals surface area contributed by atoms with Gasteiger partial charge in [0.1, 0.15) is 6.10 Å². The number of pyridine rings is 1. The van der Waals surface area contributed by atoms with Crippen molar-refractivity contribution in [2.24, 2.45) is 0 Å². The molecule has 5 nitrogen and oxygen atoms in total. The molecule has 1 heterocycles. The van der Waals surface area contributed by atoms with Crippen molar-refractivity contribution < 1.29 is 9.53 Å². The van der Waals surface area contributed by atoms with E-state index in [4.69, 9.17) is 4.74 Å². The van der Waals surface area contributed by atoms with Gasteiger partial charge in [-0.3, -0.25) is 0 Å². The van der Waals surface area contributed by atoms with E-state index < -0.39 is 0 Å². The van der Waals surface area contributed by atoms with Gasteiger partial charge in [0, 0.05) is 24.3 Å². The third-order valence-corrected chi connectivity index (χ3v) is 5.12. The van der Waals surface area contributed by atoms with Crippen LogP contribution in [0.3, 0.4) is 0 Å². The Balaban J connectivity index is 1.36. The molecule has 0 spiro atoms. The molecule has 0 radical (unpaired) electrons. The molecular weight excluding hydrogens is 302 g/mol. The van der Waals surface area contributed by atoms with Crippen molar-refractivity contribution in [3.63, 3.8) is 0 Å². The summed E-state index contributed by atoms with van der Waals surface area (Å²) in [6, 6.07) is 6.35. The predicted molar refractivity (Wildman–Crippen MR) is 94.1 cm³/mol. The lowest BCUT2D eigenvalue weighted by Gasteiger charge is -2.29. The van der Waals surface area contributed by atoms with E-state index in [9.17, 15) is 4.79 Å². The average molecular weight is 331 g/mol. The van der Waals surface area contributed by atoms with Gasteiger partial charge in [-0.05, 0) is 44.6 Å². The van der Waals surface area contributed by atoms with Gasteiger partial charge in [0.25, 0.3) is 0 Å². The van der Waals surface area contributed by atoms with Crippen LogP contribution in [0.1, 0.15) is 64.2 Å². The molecule has 5 heteroatoms. The van der Waals surface area contributed by atoms with Crippen LogP contribution in [-0.2, 0) is 0 Å². The maximum atomic E-state index is 12.2. The highest BCUT2D eigenvalue weighted by Crippen LogP contribution is 2.23. The first-order valence-corrected chi connectivity index (χ1v) is 9.44. The van der Waals surface area contributed by atoms with Crippen molar-refractivity contribution in [2.75, 3.05) is 0 Å². The first kappa shape index (κ1) is 17.1. The summed E-state index contributed by atoms with van der Waals surface area (Å²) < 4.78 is 5.90. The highest BCUT2D eigenvalue weighted by molar-refractivity contribution is 5.74. The van der Waals surface area contributed by atoms with Gasteiger partial charge in [-0.25, -0.2) is 9.78 Å². The second-order valence-electron chi connectivity index (χ2n) is 7.07. The number of hydrogen-bond acceptors (Lipinski definition) is 3. The first-order chi connectivity index (χ1) is 11.8. The summed E-state index contributed by atoms with van der Waals surface area (Å²) in [6.45, 7) is 0. The van der Waals surface area contributed by atoms with Crippen LogP contribution in [-0.4, -0.2) is 29.2 Å². The van der Waals surface area contributed by atoms with Crippen LogP contribution in [0.4, 0.5) is 4.79 Å². The number of amides is 2. The van der Waals surface area contributed by atoms with Crippen molar-refractivity contribution in [3.05, 3.63) is 24.4 Å². The molecule has 2 N–H and O–H groups in total. The summed E-state index contributed by atoms with van der Waals surface area (Å²) in [6.07, 6.45) is 13.2. The first-order valence-electron chi connectivity index (χ1n) is 9.44. The molecule has 2 amide bonds. The summed E-state index contributed by atoms with van der Waals surface area (Å²) in [7, 11) is 0. The number of rotatable bonds is 4. The van der Waals surface area contributed by atoms with E-state index in [1.54, 1.807) is 6.20 Å². The minimum absolute atomic E-state index is 0.0102. The van der Waals surface area contributed by atoms with Crippen molar-refractivity contribution in [3.8, 4) is 5.88 Å². The Morgan fingerprint density at radius 3 is 2.21 bits per heavy atom. The van der Waals surface area contributed by atoms with Crippen molar-refractivity contribution >= 4 is 6.03 Å². The minimum Gasteiger partial charge on any atom is -0.474 e. The van der Waals surface area contributed by atoms with E-state index in [0.29, 0.717) is 11.9 Å². The number of hydrogen-bond donors (Lipinski definition) is 2. The molecule has 0 saturated heterocycles. The third-order valence-electron chi connectivity index (χ3n) is 5.12. The van der Waals surface area contributed by atoms with Crippen LogP contribution in [0.2, 0.25) is 0 Å². The van der Waals surface area contributed by atoms with Gasteiger partial charge in [-0.15, -0.1) is 0 Å². The van der Waals surface area contributed by atoms with E-state index in [0.717, 1.165) is 38.5 Å². The molecule has 2 aliphatic rings. The lowest BCUT2D eigenvalue weighted by atomic mass is 9.93. The molecule has 132 valence electrons. The SMILES string of the molecule is O=C(NC1CCCCCC1)NC1CCC(Oc2ccccn2)CC1. The number of urea groups is 1. The fourth-order valence-corrected chi connectivity index (χ4v) is 3.75. The lowest BCUT2D eigenvalue weighted by molar-refractivity contribution is 0.134. The Bertz CT molecular complexity index is 493. The van der Waals surface area contributed by atoms with E-state index in [1.807, 2.05) is 18.2 Å². The quantitative estimate of drug-likeness (QED) is 0.825. The van der Waals surface area contributed by atoms with Gasteiger partial charge >= 0.3 is 6.03 Å². The predicted octanol–water partition coefficient (Wildman–Crippen LogP) is 3.79. The summed E-state index contributed by atoms with van der Waals surface area (Å²) in [4.78, 5) is 16.4. The van der Waals surface area contributed by atoms with Crippen LogP contribution in [0.15, 0.2) is 24.4 Å². The highest BCUT2D eigenvalue weighted by Gasteiger charge is 2.24. The molecule has 24 heavy (non-hydrogen) atoms. The summed E-state index contributed by atoms with van der Waals surface area (Å²) in [5, 5.41) is 6.32. The van der Waals surface area contributed by atoms with Gasteiger partial charge in [0.05, 0.1) is 0 Å². The molecule has 0 aromatic carbocycles. The van der Waals surface area contributed by atoms with E-state index in [2.05, 4.69) is 15.6 Å². The Morgan fingerprint density at radius 2 is 1.58 bits per heavy atom. The minimum atomic E-state index is 0.0102. The van der Waals surface area contributed by atoms with Crippen molar-refractivity contribution in [2.45, 2.75) is 82.4 Å². The van der Waals surface area contributed by atoms with E-state index in [1.165, 1.54) is 25.7 Å². The monoisotopic (exact) mass is 331 g/mol. The number of carbonyl (C=O) groups excluding carboxylic acids is 1. The summed E-state index contributed by atoms with van der Waals surface area (Å²) in [5.74, 6) is 0.694. The number of nitrogens with one attached hydrogen (secondary N) is 2. The molecule has 2 fully saturated rings. The summed E-state index contributed by atoms with van der Waals surface area (Å²) >= 11 is 0. The van der Waals surface area contributed by atoms with Gasteiger partial charge in [0.2, 0.25) is 5.88 Å². The fraction of sp³-hybridized carbons (Fsp3) is 0.684. The van der Waals surface area contributed by atoms with Crippen molar-refractivity contribution in [1.82, 2.24) is 15.6 Å². The van der Waals surface area contributed by atoms with Gasteiger partial charge < -0.3 is 15.4 Å². The zero-order valence-corrected chi connectivity index (χ0v) is 14.4. The maximum Gasteiger partial charge on any atom is 0.315 e. The molecule has 1 aromatic heterocycles. The Morgan fingerprint density at radius 1 is 0.917 bits per heavy atom. The second-order valence-corrected chi connectivity index (χ2v) is 7.07. The number of ether oxygens (including phenoxy) is 1. The van der Waals surface area contributed by atoms with Crippen LogP contribution < -0.4 is 15.4 Å². The molecule has 0 bridgehead atoms. The Kier molecular flexibility index (Phi) is 6.33. The Hall–Kier alpha value is -1.78. The number of carbonyl (C=O) groups is 1. The standard InChI is InChI=1S/C19H29N3O2/c23-19(21-15-7-3-1-2-4-8-15)22-16-10-12-17(13-11-16)24-18-9-5-6-14-20-18/h5-6,9,14-17H,1-4,7-8,10-13H2,(H2,21,22,23). The molecular formula is C19H29N3O2. The van der Waals surface area contributed by atoms with Gasteiger partial charge in [-0.2, -0.15) is 0 Å². The maximum absolute atomic E-state index is 12.2. The van der Waals surface area contributed by atoms with Gasteiger partial charge in [0.15, 0.2) is 0 Å². The smallest absolute Gasteiger partial charge is 0.315 e. The second kappa shape index (κ2) is 8.90. The zero-order chi connectivity index (χ0) is 16.6. The fourth-order valence-electron chi connectivity index (χ4n) is 3.75. The average Bonchev–Trinajstić information content (AvgIpc) is 2.86. The molecule has 0 unspecified atom stereocenters. The molecule has 2 saturated carbocycles. The Labute approximate surface area is 144 Å². The molecule has 0 atom stereocenters. The van der Waals surface area contributed by atoms with Crippen LogP contribution in [0.5, 0.6) is 5.88 Å². The molecule has 1 aromatic rings. The topological polar surface area (TPSA) is 63.2 Å². The van der Waals surface area contributed by atoms with Crippen LogP contribution in [0.25, 0.3) is 0 Å². The largest absolute Gasteiger partial charge is 0.474 e. The van der Waals surface area contributed by atoms with E-state index in [-0.39, 0.29) is 18.2 Å². The molecule has 3 rings (SSSR count). The summed E-state index contributed by atoms with van der Waals surface area (Å²) in [5.41, 5.74) is 0. The van der Waals surface area contributed by atoms with Crippen molar-refractivity contribution in [1.29, 1.82) is 0 Å². The zero-order valence-electron chi connectivity index (χ0n) is 14.4. The lowest BCUT2D eigenvalue weighted by Crippen LogP contribution is -2.47. The van der Waals surface area contributed by atoms with Crippen LogP contribution >= 0.6 is 0 Å². The van der Waals surface area contributed by atoms with Crippen LogP contribution in [0, 0.1) is 0 Å².